The lowest BCUT2D eigenvalue weighted by Gasteiger charge is -2.33. The number of halogens is 2. The van der Waals surface area contributed by atoms with E-state index >= 15 is 0 Å². The molecule has 0 spiro atoms. The molecule has 1 aliphatic heterocycles. The van der Waals surface area contributed by atoms with Gasteiger partial charge in [0.15, 0.2) is 11.6 Å². The molecule has 0 aliphatic carbocycles. The molecule has 3 rings (SSSR count). The van der Waals surface area contributed by atoms with Crippen molar-refractivity contribution in [1.29, 1.82) is 0 Å². The zero-order valence-corrected chi connectivity index (χ0v) is 16.1. The van der Waals surface area contributed by atoms with Crippen molar-refractivity contribution in [2.75, 3.05) is 13.1 Å². The first-order valence-electron chi connectivity index (χ1n) is 9.71. The van der Waals surface area contributed by atoms with Gasteiger partial charge in [-0.1, -0.05) is 43.3 Å². The van der Waals surface area contributed by atoms with Crippen LogP contribution in [-0.2, 0) is 11.3 Å². The van der Waals surface area contributed by atoms with Gasteiger partial charge in [-0.2, -0.15) is 0 Å². The Morgan fingerprint density at radius 3 is 2.46 bits per heavy atom. The fraction of sp³-hybridized carbons (Fsp3) is 0.409. The number of nitrogens with zero attached hydrogens (tertiary/aromatic N) is 1. The van der Waals surface area contributed by atoms with Crippen molar-refractivity contribution < 1.29 is 13.6 Å². The maximum Gasteiger partial charge on any atom is 0.224 e. The molecule has 0 bridgehead atoms. The number of carbonyl (C=O) groups is 1. The Labute approximate surface area is 164 Å². The van der Waals surface area contributed by atoms with Crippen LogP contribution in [0.15, 0.2) is 48.5 Å². The van der Waals surface area contributed by atoms with Gasteiger partial charge >= 0.3 is 0 Å². The van der Waals surface area contributed by atoms with Crippen LogP contribution < -0.4 is 11.1 Å². The molecule has 0 aromatic heterocycles. The zero-order chi connectivity index (χ0) is 20.1. The first-order valence-corrected chi connectivity index (χ1v) is 9.71. The van der Waals surface area contributed by atoms with Crippen molar-refractivity contribution in [3.8, 4) is 0 Å². The molecule has 1 saturated heterocycles. The SMILES string of the molecule is CC(C(=O)NC1CCN(Cc2ccc(F)c(F)c2)CC1)C(N)c1ccccc1. The van der Waals surface area contributed by atoms with E-state index < -0.39 is 11.6 Å². The van der Waals surface area contributed by atoms with Crippen LogP contribution in [-0.4, -0.2) is 29.9 Å². The molecule has 4 nitrogen and oxygen atoms in total. The number of rotatable bonds is 6. The van der Waals surface area contributed by atoms with Crippen LogP contribution >= 0.6 is 0 Å². The van der Waals surface area contributed by atoms with E-state index in [9.17, 15) is 13.6 Å². The Kier molecular flexibility index (Phi) is 6.75. The number of hydrogen-bond donors (Lipinski definition) is 2. The van der Waals surface area contributed by atoms with E-state index in [4.69, 9.17) is 5.73 Å². The number of carbonyl (C=O) groups excluding carboxylic acids is 1. The molecular formula is C22H27F2N3O. The summed E-state index contributed by atoms with van der Waals surface area (Å²) in [5.74, 6) is -1.99. The van der Waals surface area contributed by atoms with E-state index in [0.717, 1.165) is 43.1 Å². The Morgan fingerprint density at radius 2 is 1.82 bits per heavy atom. The molecule has 2 aromatic rings. The Hall–Kier alpha value is -2.31. The van der Waals surface area contributed by atoms with E-state index in [2.05, 4.69) is 10.2 Å². The predicted octanol–water partition coefficient (Wildman–Crippen LogP) is 3.38. The maximum absolute atomic E-state index is 13.4. The quantitative estimate of drug-likeness (QED) is 0.799. The minimum atomic E-state index is -0.826. The number of nitrogens with one attached hydrogen (secondary N) is 1. The third-order valence-electron chi connectivity index (χ3n) is 5.46. The van der Waals surface area contributed by atoms with Crippen LogP contribution in [0.3, 0.4) is 0 Å². The van der Waals surface area contributed by atoms with Crippen molar-refractivity contribution >= 4 is 5.91 Å². The van der Waals surface area contributed by atoms with Crippen LogP contribution in [0.25, 0.3) is 0 Å². The Morgan fingerprint density at radius 1 is 1.14 bits per heavy atom. The van der Waals surface area contributed by atoms with Gasteiger partial charge in [0.1, 0.15) is 0 Å². The number of likely N-dealkylation sites (tertiary alicyclic amines) is 1. The van der Waals surface area contributed by atoms with E-state index in [1.807, 2.05) is 37.3 Å². The van der Waals surface area contributed by atoms with E-state index in [1.165, 1.54) is 6.07 Å². The molecule has 0 radical (unpaired) electrons. The first-order chi connectivity index (χ1) is 13.4. The molecule has 2 aromatic carbocycles. The molecule has 0 saturated carbocycles. The molecule has 28 heavy (non-hydrogen) atoms. The van der Waals surface area contributed by atoms with Gasteiger partial charge in [-0.15, -0.1) is 0 Å². The monoisotopic (exact) mass is 387 g/mol. The maximum atomic E-state index is 13.4. The summed E-state index contributed by atoms with van der Waals surface area (Å²) in [5.41, 5.74) is 7.95. The van der Waals surface area contributed by atoms with Crippen molar-refractivity contribution in [2.24, 2.45) is 11.7 Å². The highest BCUT2D eigenvalue weighted by Crippen LogP contribution is 2.21. The molecule has 3 N–H and O–H groups in total. The number of hydrogen-bond acceptors (Lipinski definition) is 3. The molecule has 1 aliphatic rings. The minimum absolute atomic E-state index is 0.0320. The second kappa shape index (κ2) is 9.26. The highest BCUT2D eigenvalue weighted by molar-refractivity contribution is 5.79. The Balaban J connectivity index is 1.47. The van der Waals surface area contributed by atoms with Gasteiger partial charge in [0.05, 0.1) is 5.92 Å². The molecular weight excluding hydrogens is 360 g/mol. The van der Waals surface area contributed by atoms with Crippen LogP contribution in [0.1, 0.15) is 36.9 Å². The normalized spacial score (nSPS) is 17.9. The Bertz CT molecular complexity index is 792. The molecule has 1 heterocycles. The number of benzene rings is 2. The summed E-state index contributed by atoms with van der Waals surface area (Å²) >= 11 is 0. The van der Waals surface area contributed by atoms with E-state index in [1.54, 1.807) is 6.07 Å². The molecule has 1 fully saturated rings. The first kappa shape index (κ1) is 20.4. The number of amides is 1. The van der Waals surface area contributed by atoms with Crippen molar-refractivity contribution in [3.63, 3.8) is 0 Å². The van der Waals surface area contributed by atoms with Gasteiger partial charge in [-0.25, -0.2) is 8.78 Å². The third kappa shape index (κ3) is 5.14. The van der Waals surface area contributed by atoms with Gasteiger partial charge in [0, 0.05) is 31.7 Å². The molecule has 150 valence electrons. The smallest absolute Gasteiger partial charge is 0.224 e. The van der Waals surface area contributed by atoms with Gasteiger partial charge in [0.2, 0.25) is 5.91 Å². The van der Waals surface area contributed by atoms with Crippen molar-refractivity contribution in [2.45, 2.75) is 38.4 Å². The van der Waals surface area contributed by atoms with Crippen molar-refractivity contribution in [1.82, 2.24) is 10.2 Å². The molecule has 1 amide bonds. The number of nitrogens with two attached hydrogens (primary N) is 1. The van der Waals surface area contributed by atoms with Crippen LogP contribution in [0.2, 0.25) is 0 Å². The highest BCUT2D eigenvalue weighted by Gasteiger charge is 2.26. The lowest BCUT2D eigenvalue weighted by Crippen LogP contribution is -2.47. The fourth-order valence-electron chi connectivity index (χ4n) is 3.59. The molecule has 2 atom stereocenters. The fourth-order valence-corrected chi connectivity index (χ4v) is 3.59. The average molecular weight is 387 g/mol. The second-order valence-corrected chi connectivity index (χ2v) is 7.53. The van der Waals surface area contributed by atoms with Crippen LogP contribution in [0.5, 0.6) is 0 Å². The summed E-state index contributed by atoms with van der Waals surface area (Å²) in [6.45, 7) is 4.02. The van der Waals surface area contributed by atoms with Crippen LogP contribution in [0, 0.1) is 17.6 Å². The van der Waals surface area contributed by atoms with Gasteiger partial charge in [0.25, 0.3) is 0 Å². The largest absolute Gasteiger partial charge is 0.353 e. The summed E-state index contributed by atoms with van der Waals surface area (Å²) < 4.78 is 26.4. The van der Waals surface area contributed by atoms with Crippen molar-refractivity contribution in [3.05, 3.63) is 71.3 Å². The van der Waals surface area contributed by atoms with Gasteiger partial charge < -0.3 is 11.1 Å². The van der Waals surface area contributed by atoms with E-state index in [-0.39, 0.29) is 23.9 Å². The second-order valence-electron chi connectivity index (χ2n) is 7.53. The number of piperidine rings is 1. The summed E-state index contributed by atoms with van der Waals surface area (Å²) in [7, 11) is 0. The summed E-state index contributed by atoms with van der Waals surface area (Å²) in [6, 6.07) is 13.4. The summed E-state index contributed by atoms with van der Waals surface area (Å²) in [4.78, 5) is 14.8. The van der Waals surface area contributed by atoms with E-state index in [0.29, 0.717) is 6.54 Å². The standard InChI is InChI=1S/C22H27F2N3O/c1-15(21(25)17-5-3-2-4-6-17)22(28)26-18-9-11-27(12-10-18)14-16-7-8-19(23)20(24)13-16/h2-8,13,15,18,21H,9-12,14,25H2,1H3,(H,26,28). The highest BCUT2D eigenvalue weighted by atomic mass is 19.2. The van der Waals surface area contributed by atoms with Gasteiger partial charge in [-0.05, 0) is 36.1 Å². The molecule has 6 heteroatoms. The lowest BCUT2D eigenvalue weighted by molar-refractivity contribution is -0.126. The molecule has 2 unspecified atom stereocenters. The van der Waals surface area contributed by atoms with Crippen LogP contribution in [0.4, 0.5) is 8.78 Å². The van der Waals surface area contributed by atoms with Gasteiger partial charge in [-0.3, -0.25) is 9.69 Å². The predicted molar refractivity (Wildman–Crippen MR) is 105 cm³/mol. The minimum Gasteiger partial charge on any atom is -0.353 e. The topological polar surface area (TPSA) is 58.4 Å². The summed E-state index contributed by atoms with van der Waals surface area (Å²) in [6.07, 6.45) is 1.64. The summed E-state index contributed by atoms with van der Waals surface area (Å²) in [5, 5.41) is 3.12. The zero-order valence-electron chi connectivity index (χ0n) is 16.1. The average Bonchev–Trinajstić information content (AvgIpc) is 2.71. The third-order valence-corrected chi connectivity index (χ3v) is 5.46. The lowest BCUT2D eigenvalue weighted by atomic mass is 9.94.